The second kappa shape index (κ2) is 5.91. The Kier molecular flexibility index (Phi) is 4.78. The zero-order valence-electron chi connectivity index (χ0n) is 11.6. The molecule has 5 heteroatoms. The molecule has 0 saturated heterocycles. The summed E-state index contributed by atoms with van der Waals surface area (Å²) in [5.41, 5.74) is 6.04. The summed E-state index contributed by atoms with van der Waals surface area (Å²) >= 11 is 0. The second-order valence-electron chi connectivity index (χ2n) is 5.08. The predicted molar refractivity (Wildman–Crippen MR) is 74.0 cm³/mol. The van der Waals surface area contributed by atoms with Crippen LogP contribution in [0.1, 0.15) is 27.7 Å². The number of nitrogens with two attached hydrogens (primary N) is 1. The van der Waals surface area contributed by atoms with E-state index in [2.05, 4.69) is 4.98 Å². The summed E-state index contributed by atoms with van der Waals surface area (Å²) in [4.78, 5) is 6.38. The fourth-order valence-electron chi connectivity index (χ4n) is 1.54. The lowest BCUT2D eigenvalue weighted by atomic mass is 10.2. The van der Waals surface area contributed by atoms with Crippen molar-refractivity contribution < 1.29 is 9.84 Å². The summed E-state index contributed by atoms with van der Waals surface area (Å²) in [6.45, 7) is 9.27. The summed E-state index contributed by atoms with van der Waals surface area (Å²) < 4.78 is 5.72. The van der Waals surface area contributed by atoms with Gasteiger partial charge in [0, 0.05) is 13.1 Å². The quantitative estimate of drug-likeness (QED) is 0.835. The van der Waals surface area contributed by atoms with E-state index < -0.39 is 0 Å². The normalized spacial score (nSPS) is 11.4. The predicted octanol–water partition coefficient (Wildman–Crippen LogP) is 1.66. The van der Waals surface area contributed by atoms with E-state index in [1.165, 1.54) is 0 Å². The van der Waals surface area contributed by atoms with Crippen molar-refractivity contribution in [3.05, 3.63) is 12.1 Å². The van der Waals surface area contributed by atoms with Gasteiger partial charge in [0.05, 0.1) is 12.3 Å². The first-order chi connectivity index (χ1) is 8.37. The first-order valence-electron chi connectivity index (χ1n) is 6.18. The molecule has 0 aliphatic rings. The van der Waals surface area contributed by atoms with Crippen LogP contribution in [-0.2, 0) is 0 Å². The van der Waals surface area contributed by atoms with Gasteiger partial charge in [-0.25, -0.2) is 0 Å². The monoisotopic (exact) mass is 253 g/mol. The van der Waals surface area contributed by atoms with E-state index in [-0.39, 0.29) is 12.2 Å². The molecular formula is C13H23N3O2. The first kappa shape index (κ1) is 14.6. The summed E-state index contributed by atoms with van der Waals surface area (Å²) in [6, 6.07) is 3.62. The Balaban J connectivity index is 2.99. The molecule has 0 spiro atoms. The molecule has 0 aliphatic carbocycles. The van der Waals surface area contributed by atoms with Crippen molar-refractivity contribution in [3.8, 4) is 5.88 Å². The highest BCUT2D eigenvalue weighted by molar-refractivity contribution is 5.54. The molecule has 102 valence electrons. The highest BCUT2D eigenvalue weighted by Gasteiger charge is 2.16. The Labute approximate surface area is 109 Å². The third kappa shape index (κ3) is 4.07. The second-order valence-corrected chi connectivity index (χ2v) is 5.08. The van der Waals surface area contributed by atoms with Crippen LogP contribution in [0.3, 0.4) is 0 Å². The minimum absolute atomic E-state index is 0.0926. The van der Waals surface area contributed by atoms with Gasteiger partial charge in [-0.05, 0) is 39.8 Å². The number of nitrogens with zero attached hydrogens (tertiary/aromatic N) is 2. The Morgan fingerprint density at radius 1 is 1.39 bits per heavy atom. The smallest absolute Gasteiger partial charge is 0.239 e. The Morgan fingerprint density at radius 2 is 2.06 bits per heavy atom. The molecule has 0 atom stereocenters. The van der Waals surface area contributed by atoms with Crippen molar-refractivity contribution in [2.24, 2.45) is 0 Å². The molecule has 18 heavy (non-hydrogen) atoms. The number of aliphatic hydroxyl groups excluding tert-OH is 1. The first-order valence-corrected chi connectivity index (χ1v) is 6.18. The molecule has 3 N–H and O–H groups in total. The van der Waals surface area contributed by atoms with Crippen molar-refractivity contribution in [2.45, 2.75) is 33.3 Å². The average Bonchev–Trinajstić information content (AvgIpc) is 2.27. The zero-order chi connectivity index (χ0) is 13.8. The van der Waals surface area contributed by atoms with Crippen LogP contribution in [0.5, 0.6) is 5.88 Å². The number of anilines is 2. The highest BCUT2D eigenvalue weighted by atomic mass is 16.5. The molecule has 0 aromatic carbocycles. The molecule has 5 nitrogen and oxygen atoms in total. The third-order valence-corrected chi connectivity index (χ3v) is 2.35. The maximum atomic E-state index is 9.01. The van der Waals surface area contributed by atoms with Crippen molar-refractivity contribution in [1.82, 2.24) is 4.98 Å². The van der Waals surface area contributed by atoms with Crippen LogP contribution in [0.15, 0.2) is 12.1 Å². The van der Waals surface area contributed by atoms with Crippen LogP contribution in [0, 0.1) is 0 Å². The molecule has 0 saturated carbocycles. The van der Waals surface area contributed by atoms with Crippen molar-refractivity contribution in [1.29, 1.82) is 0 Å². The number of hydrogen-bond donors (Lipinski definition) is 2. The van der Waals surface area contributed by atoms with Gasteiger partial charge in [0.25, 0.3) is 0 Å². The van der Waals surface area contributed by atoms with Gasteiger partial charge in [0.2, 0.25) is 5.88 Å². The highest BCUT2D eigenvalue weighted by Crippen LogP contribution is 2.26. The summed E-state index contributed by atoms with van der Waals surface area (Å²) in [7, 11) is 0. The van der Waals surface area contributed by atoms with E-state index in [9.17, 15) is 0 Å². The van der Waals surface area contributed by atoms with Gasteiger partial charge in [-0.15, -0.1) is 0 Å². The van der Waals surface area contributed by atoms with Crippen molar-refractivity contribution in [3.63, 3.8) is 0 Å². The standard InChI is InChI=1S/C13H23N3O2/c1-5-16(8-9-17)11-7-6-10(14)12(15-11)18-13(2,3)4/h6-7,17H,5,8-9,14H2,1-4H3. The number of aromatic nitrogens is 1. The van der Waals surface area contributed by atoms with Gasteiger partial charge < -0.3 is 20.5 Å². The molecular weight excluding hydrogens is 230 g/mol. The lowest BCUT2D eigenvalue weighted by Gasteiger charge is -2.25. The van der Waals surface area contributed by atoms with Crippen LogP contribution in [0.25, 0.3) is 0 Å². The SMILES string of the molecule is CCN(CCO)c1ccc(N)c(OC(C)(C)C)n1. The van der Waals surface area contributed by atoms with E-state index >= 15 is 0 Å². The molecule has 1 heterocycles. The summed E-state index contributed by atoms with van der Waals surface area (Å²) in [5.74, 6) is 1.20. The molecule has 1 aromatic heterocycles. The maximum Gasteiger partial charge on any atom is 0.239 e. The van der Waals surface area contributed by atoms with Crippen LogP contribution in [0.2, 0.25) is 0 Å². The van der Waals surface area contributed by atoms with Gasteiger partial charge in [0.15, 0.2) is 0 Å². The van der Waals surface area contributed by atoms with Gasteiger partial charge in [-0.3, -0.25) is 0 Å². The van der Waals surface area contributed by atoms with Crippen LogP contribution >= 0.6 is 0 Å². The van der Waals surface area contributed by atoms with E-state index in [0.717, 1.165) is 12.4 Å². The Hall–Kier alpha value is -1.49. The molecule has 0 unspecified atom stereocenters. The van der Waals surface area contributed by atoms with Crippen LogP contribution in [-0.4, -0.2) is 35.4 Å². The fourth-order valence-corrected chi connectivity index (χ4v) is 1.54. The number of hydrogen-bond acceptors (Lipinski definition) is 5. The lowest BCUT2D eigenvalue weighted by molar-refractivity contribution is 0.125. The number of ether oxygens (including phenoxy) is 1. The van der Waals surface area contributed by atoms with E-state index in [1.54, 1.807) is 6.07 Å². The maximum absolute atomic E-state index is 9.01. The zero-order valence-corrected chi connectivity index (χ0v) is 11.6. The van der Waals surface area contributed by atoms with E-state index in [4.69, 9.17) is 15.6 Å². The molecule has 0 radical (unpaired) electrons. The number of rotatable bonds is 5. The largest absolute Gasteiger partial charge is 0.470 e. The van der Waals surface area contributed by atoms with Gasteiger partial charge in [0.1, 0.15) is 11.4 Å². The lowest BCUT2D eigenvalue weighted by Crippen LogP contribution is -2.28. The van der Waals surface area contributed by atoms with E-state index in [1.807, 2.05) is 38.7 Å². The number of likely N-dealkylation sites (N-methyl/N-ethyl adjacent to an activating group) is 1. The van der Waals surface area contributed by atoms with Crippen molar-refractivity contribution >= 4 is 11.5 Å². The summed E-state index contributed by atoms with van der Waals surface area (Å²) in [6.07, 6.45) is 0. The number of nitrogen functional groups attached to an aromatic ring is 1. The average molecular weight is 253 g/mol. The fraction of sp³-hybridized carbons (Fsp3) is 0.615. The van der Waals surface area contributed by atoms with Crippen molar-refractivity contribution in [2.75, 3.05) is 30.3 Å². The van der Waals surface area contributed by atoms with Gasteiger partial charge in [-0.2, -0.15) is 4.98 Å². The van der Waals surface area contributed by atoms with Gasteiger partial charge in [-0.1, -0.05) is 0 Å². The Morgan fingerprint density at radius 3 is 2.56 bits per heavy atom. The third-order valence-electron chi connectivity index (χ3n) is 2.35. The summed E-state index contributed by atoms with van der Waals surface area (Å²) in [5, 5.41) is 9.01. The molecule has 1 aromatic rings. The molecule has 1 rings (SSSR count). The molecule has 0 bridgehead atoms. The topological polar surface area (TPSA) is 71.6 Å². The Bertz CT molecular complexity index is 388. The minimum atomic E-state index is -0.340. The van der Waals surface area contributed by atoms with Crippen LogP contribution in [0.4, 0.5) is 11.5 Å². The number of pyridine rings is 1. The molecule has 0 amide bonds. The molecule has 0 fully saturated rings. The molecule has 0 aliphatic heterocycles. The van der Waals surface area contributed by atoms with E-state index in [0.29, 0.717) is 18.1 Å². The van der Waals surface area contributed by atoms with Crippen LogP contribution < -0.4 is 15.4 Å². The van der Waals surface area contributed by atoms with Gasteiger partial charge >= 0.3 is 0 Å². The minimum Gasteiger partial charge on any atom is -0.470 e. The number of aliphatic hydroxyl groups is 1.